The number of hydrogen-bond acceptors (Lipinski definition) is 5. The van der Waals surface area contributed by atoms with Gasteiger partial charge in [0, 0.05) is 24.3 Å². The number of nitrogens with zero attached hydrogens (tertiary/aromatic N) is 1. The van der Waals surface area contributed by atoms with Crippen LogP contribution in [0.1, 0.15) is 19.8 Å². The lowest BCUT2D eigenvalue weighted by Gasteiger charge is -2.34. The van der Waals surface area contributed by atoms with Crippen molar-refractivity contribution in [1.82, 2.24) is 3.89 Å². The first-order chi connectivity index (χ1) is 14.5. The number of rotatable bonds is 8. The van der Waals surface area contributed by atoms with Crippen molar-refractivity contribution in [1.29, 1.82) is 0 Å². The molecule has 1 fully saturated rings. The van der Waals surface area contributed by atoms with Crippen molar-refractivity contribution in [3.05, 3.63) is 72.5 Å². The van der Waals surface area contributed by atoms with Gasteiger partial charge in [0.05, 0.1) is 6.61 Å². The zero-order valence-electron chi connectivity index (χ0n) is 17.0. The molecule has 1 unspecified atom stereocenters. The molecule has 0 amide bonds. The number of quaternary nitrogens is 1. The normalized spacial score (nSPS) is 21.2. The SMILES string of the molecule is CCOc1ccccc1Oc1ccc([N+]2(S(=O)(=O)C3CC3)C=C(CN)C=CC2)cc1. The number of benzene rings is 2. The van der Waals surface area contributed by atoms with Gasteiger partial charge in [-0.1, -0.05) is 18.2 Å². The van der Waals surface area contributed by atoms with Crippen LogP contribution in [0.15, 0.2) is 72.5 Å². The molecule has 0 radical (unpaired) electrons. The zero-order valence-corrected chi connectivity index (χ0v) is 17.8. The third kappa shape index (κ3) is 3.76. The fraction of sp³-hybridized carbons (Fsp3) is 0.304. The number of para-hydroxylation sites is 2. The van der Waals surface area contributed by atoms with Crippen molar-refractivity contribution in [3.8, 4) is 17.2 Å². The molecular formula is C23H27N2O4S+. The predicted octanol–water partition coefficient (Wildman–Crippen LogP) is 4.09. The molecule has 30 heavy (non-hydrogen) atoms. The summed E-state index contributed by atoms with van der Waals surface area (Å²) in [4.78, 5) is 0. The van der Waals surface area contributed by atoms with Crippen molar-refractivity contribution >= 4 is 15.7 Å². The minimum absolute atomic E-state index is 0.226. The monoisotopic (exact) mass is 427 g/mol. The minimum atomic E-state index is -3.44. The summed E-state index contributed by atoms with van der Waals surface area (Å²) in [7, 11) is -3.44. The maximum absolute atomic E-state index is 13.4. The number of hydrogen-bond donors (Lipinski definition) is 1. The molecule has 0 spiro atoms. The summed E-state index contributed by atoms with van der Waals surface area (Å²) >= 11 is 0. The maximum atomic E-state index is 13.4. The predicted molar refractivity (Wildman–Crippen MR) is 119 cm³/mol. The Hall–Kier alpha value is -2.61. The van der Waals surface area contributed by atoms with Gasteiger partial charge in [0.15, 0.2) is 17.2 Å². The van der Waals surface area contributed by atoms with E-state index in [1.54, 1.807) is 18.3 Å². The van der Waals surface area contributed by atoms with E-state index >= 15 is 0 Å². The number of nitrogens with two attached hydrogens (primary N) is 1. The highest BCUT2D eigenvalue weighted by Gasteiger charge is 2.52. The van der Waals surface area contributed by atoms with Gasteiger partial charge in [-0.3, -0.25) is 0 Å². The molecule has 1 aliphatic heterocycles. The largest absolute Gasteiger partial charge is 0.490 e. The third-order valence-electron chi connectivity index (χ3n) is 5.37. The van der Waals surface area contributed by atoms with E-state index in [1.807, 2.05) is 55.5 Å². The van der Waals surface area contributed by atoms with Crippen LogP contribution in [-0.4, -0.2) is 33.4 Å². The topological polar surface area (TPSA) is 78.6 Å². The first-order valence-corrected chi connectivity index (χ1v) is 11.7. The summed E-state index contributed by atoms with van der Waals surface area (Å²) in [5, 5.41) is -0.298. The Balaban J connectivity index is 1.68. The van der Waals surface area contributed by atoms with Crippen molar-refractivity contribution in [2.75, 3.05) is 19.7 Å². The molecule has 158 valence electrons. The van der Waals surface area contributed by atoms with Crippen molar-refractivity contribution in [2.45, 2.75) is 25.0 Å². The molecule has 6 nitrogen and oxygen atoms in total. The second-order valence-electron chi connectivity index (χ2n) is 7.48. The first-order valence-electron chi connectivity index (χ1n) is 10.2. The Morgan fingerprint density at radius 2 is 1.77 bits per heavy atom. The van der Waals surface area contributed by atoms with Crippen molar-refractivity contribution in [2.24, 2.45) is 5.73 Å². The molecule has 1 aliphatic carbocycles. The average molecular weight is 428 g/mol. The molecule has 2 aromatic carbocycles. The highest BCUT2D eigenvalue weighted by molar-refractivity contribution is 7.92. The Morgan fingerprint density at radius 3 is 2.40 bits per heavy atom. The third-order valence-corrected chi connectivity index (χ3v) is 8.06. The fourth-order valence-corrected chi connectivity index (χ4v) is 5.94. The number of sulfonamides is 1. The van der Waals surface area contributed by atoms with Gasteiger partial charge in [-0.2, -0.15) is 12.3 Å². The Bertz CT molecular complexity index is 1070. The van der Waals surface area contributed by atoms with Gasteiger partial charge < -0.3 is 15.2 Å². The van der Waals surface area contributed by atoms with Crippen LogP contribution in [0.3, 0.4) is 0 Å². The lowest BCUT2D eigenvalue weighted by molar-refractivity contribution is 0.321. The molecule has 1 atom stereocenters. The van der Waals surface area contributed by atoms with E-state index in [-0.39, 0.29) is 9.14 Å². The van der Waals surface area contributed by atoms with Crippen LogP contribution in [0.4, 0.5) is 5.69 Å². The summed E-state index contributed by atoms with van der Waals surface area (Å²) < 4.78 is 38.2. The van der Waals surface area contributed by atoms with E-state index < -0.39 is 10.0 Å². The molecule has 0 bridgehead atoms. The van der Waals surface area contributed by atoms with E-state index in [9.17, 15) is 8.42 Å². The molecule has 0 saturated heterocycles. The van der Waals surface area contributed by atoms with Gasteiger partial charge in [-0.15, -0.1) is 0 Å². The van der Waals surface area contributed by atoms with Crippen molar-refractivity contribution < 1.29 is 17.9 Å². The molecule has 7 heteroatoms. The summed E-state index contributed by atoms with van der Waals surface area (Å²) in [6, 6.07) is 14.7. The van der Waals surface area contributed by atoms with Gasteiger partial charge in [-0.25, -0.2) is 0 Å². The standard InChI is InChI=1S/C23H27N2O4S/c1-2-28-22-7-3-4-8-23(22)29-20-11-9-19(10-12-20)25(30(26,27)21-13-14-21)15-5-6-18(16-24)17-25/h3-12,17,21H,2,13-16,24H2,1H3/q+1. The second-order valence-corrected chi connectivity index (χ2v) is 9.83. The Morgan fingerprint density at radius 1 is 1.07 bits per heavy atom. The van der Waals surface area contributed by atoms with E-state index in [1.165, 1.54) is 0 Å². The quantitative estimate of drug-likeness (QED) is 0.642. The van der Waals surface area contributed by atoms with Gasteiger partial charge in [0.25, 0.3) is 0 Å². The van der Waals surface area contributed by atoms with E-state index in [4.69, 9.17) is 15.2 Å². The van der Waals surface area contributed by atoms with Crippen LogP contribution in [0.5, 0.6) is 17.2 Å². The van der Waals surface area contributed by atoms with Gasteiger partial charge in [0.1, 0.15) is 23.7 Å². The molecule has 0 aromatic heterocycles. The Labute approximate surface area is 177 Å². The molecule has 1 saturated carbocycles. The summed E-state index contributed by atoms with van der Waals surface area (Å²) in [5.41, 5.74) is 7.33. The summed E-state index contributed by atoms with van der Waals surface area (Å²) in [5.74, 6) is 1.90. The molecule has 1 heterocycles. The van der Waals surface area contributed by atoms with Crippen LogP contribution >= 0.6 is 0 Å². The molecule has 2 N–H and O–H groups in total. The average Bonchev–Trinajstić information content (AvgIpc) is 3.62. The minimum Gasteiger partial charge on any atom is -0.490 e. The van der Waals surface area contributed by atoms with Crippen molar-refractivity contribution in [3.63, 3.8) is 0 Å². The number of ether oxygens (including phenoxy) is 2. The van der Waals surface area contributed by atoms with Crippen LogP contribution in [0.2, 0.25) is 0 Å². The van der Waals surface area contributed by atoms with Crippen LogP contribution in [0.25, 0.3) is 0 Å². The van der Waals surface area contributed by atoms with Gasteiger partial charge in [-0.05, 0) is 50.1 Å². The lowest BCUT2D eigenvalue weighted by atomic mass is 10.2. The van der Waals surface area contributed by atoms with Gasteiger partial charge >= 0.3 is 10.0 Å². The maximum Gasteiger partial charge on any atom is 0.309 e. The van der Waals surface area contributed by atoms with E-state index in [2.05, 4.69) is 0 Å². The molecule has 2 aliphatic rings. The smallest absolute Gasteiger partial charge is 0.309 e. The fourth-order valence-electron chi connectivity index (χ4n) is 3.68. The highest BCUT2D eigenvalue weighted by atomic mass is 32.2. The van der Waals surface area contributed by atoms with Crippen LogP contribution < -0.4 is 19.1 Å². The summed E-state index contributed by atoms with van der Waals surface area (Å²) in [6.07, 6.45) is 7.01. The molecular weight excluding hydrogens is 400 g/mol. The van der Waals surface area contributed by atoms with Gasteiger partial charge in [0.2, 0.25) is 0 Å². The lowest BCUT2D eigenvalue weighted by Crippen LogP contribution is -2.52. The summed E-state index contributed by atoms with van der Waals surface area (Å²) in [6.45, 7) is 3.12. The zero-order chi connectivity index (χ0) is 21.2. The van der Waals surface area contributed by atoms with Crippen LogP contribution in [0, 0.1) is 0 Å². The second kappa shape index (κ2) is 8.26. The first kappa shape index (κ1) is 20.7. The van der Waals surface area contributed by atoms with E-state index in [0.717, 1.165) is 5.57 Å². The van der Waals surface area contributed by atoms with Crippen LogP contribution in [-0.2, 0) is 10.0 Å². The molecule has 4 rings (SSSR count). The highest BCUT2D eigenvalue weighted by Crippen LogP contribution is 2.42. The molecule has 2 aromatic rings. The Kier molecular flexibility index (Phi) is 5.69. The van der Waals surface area contributed by atoms with E-state index in [0.29, 0.717) is 55.5 Å².